The monoisotopic (exact) mass is 337 g/mol. The summed E-state index contributed by atoms with van der Waals surface area (Å²) < 4.78 is 5.77. The zero-order valence-corrected chi connectivity index (χ0v) is 14.4. The van der Waals surface area contributed by atoms with E-state index >= 15 is 0 Å². The summed E-state index contributed by atoms with van der Waals surface area (Å²) in [5.74, 6) is 0.846. The van der Waals surface area contributed by atoms with Crippen LogP contribution in [0.2, 0.25) is 10.0 Å². The van der Waals surface area contributed by atoms with Gasteiger partial charge in [-0.1, -0.05) is 48.3 Å². The van der Waals surface area contributed by atoms with E-state index in [4.69, 9.17) is 27.9 Å². The van der Waals surface area contributed by atoms with Crippen molar-refractivity contribution >= 4 is 23.2 Å². The van der Waals surface area contributed by atoms with E-state index < -0.39 is 0 Å². The SMILES string of the molecule is CC[C@@H](C)NCc1ccc(OCc2ccc(Cl)c(Cl)c2)cc1. The quantitative estimate of drug-likeness (QED) is 0.724. The average Bonchev–Trinajstić information content (AvgIpc) is 2.54. The van der Waals surface area contributed by atoms with Crippen molar-refractivity contribution in [1.82, 2.24) is 5.32 Å². The Labute approximate surface area is 142 Å². The van der Waals surface area contributed by atoms with Gasteiger partial charge >= 0.3 is 0 Å². The highest BCUT2D eigenvalue weighted by molar-refractivity contribution is 6.42. The van der Waals surface area contributed by atoms with E-state index in [2.05, 4.69) is 31.3 Å². The smallest absolute Gasteiger partial charge is 0.119 e. The van der Waals surface area contributed by atoms with Crippen LogP contribution in [0, 0.1) is 0 Å². The normalized spacial score (nSPS) is 12.2. The molecule has 0 aliphatic carbocycles. The van der Waals surface area contributed by atoms with Gasteiger partial charge < -0.3 is 10.1 Å². The minimum Gasteiger partial charge on any atom is -0.489 e. The Hall–Kier alpha value is -1.22. The first-order valence-electron chi connectivity index (χ1n) is 7.47. The molecule has 2 aromatic rings. The van der Waals surface area contributed by atoms with Crippen molar-refractivity contribution < 1.29 is 4.74 Å². The third-order valence-corrected chi connectivity index (χ3v) is 4.32. The molecule has 0 bridgehead atoms. The second-order valence-corrected chi connectivity index (χ2v) is 6.19. The molecule has 1 N–H and O–H groups in total. The lowest BCUT2D eigenvalue weighted by molar-refractivity contribution is 0.306. The zero-order chi connectivity index (χ0) is 15.9. The standard InChI is InChI=1S/C18H21Cl2NO/c1-3-13(2)21-11-14-4-7-16(8-5-14)22-12-15-6-9-17(19)18(20)10-15/h4-10,13,21H,3,11-12H2,1-2H3/t13-/m1/s1. The molecule has 0 heterocycles. The van der Waals surface area contributed by atoms with Gasteiger partial charge in [-0.25, -0.2) is 0 Å². The van der Waals surface area contributed by atoms with Gasteiger partial charge in [-0.05, 0) is 48.7 Å². The summed E-state index contributed by atoms with van der Waals surface area (Å²) >= 11 is 11.9. The second-order valence-electron chi connectivity index (χ2n) is 5.37. The highest BCUT2D eigenvalue weighted by Crippen LogP contribution is 2.23. The minimum absolute atomic E-state index is 0.474. The lowest BCUT2D eigenvalue weighted by Gasteiger charge is -2.12. The molecule has 0 saturated heterocycles. The molecule has 0 aliphatic heterocycles. The van der Waals surface area contributed by atoms with E-state index in [0.29, 0.717) is 22.7 Å². The predicted octanol–water partition coefficient (Wildman–Crippen LogP) is 5.46. The van der Waals surface area contributed by atoms with Crippen molar-refractivity contribution in [3.8, 4) is 5.75 Å². The Kier molecular flexibility index (Phi) is 6.56. The summed E-state index contributed by atoms with van der Waals surface area (Å²) in [4.78, 5) is 0. The van der Waals surface area contributed by atoms with Crippen molar-refractivity contribution in [2.45, 2.75) is 39.5 Å². The molecule has 0 aliphatic rings. The molecule has 1 atom stereocenters. The average molecular weight is 338 g/mol. The molecule has 2 nitrogen and oxygen atoms in total. The number of benzene rings is 2. The molecule has 4 heteroatoms. The fourth-order valence-electron chi connectivity index (χ4n) is 1.94. The molecule has 0 radical (unpaired) electrons. The topological polar surface area (TPSA) is 21.3 Å². The van der Waals surface area contributed by atoms with Gasteiger partial charge in [0.15, 0.2) is 0 Å². The molecule has 22 heavy (non-hydrogen) atoms. The van der Waals surface area contributed by atoms with Crippen LogP contribution in [0.5, 0.6) is 5.75 Å². The van der Waals surface area contributed by atoms with Gasteiger partial charge in [0, 0.05) is 12.6 Å². The van der Waals surface area contributed by atoms with Crippen molar-refractivity contribution in [1.29, 1.82) is 0 Å². The Morgan fingerprint density at radius 3 is 2.32 bits per heavy atom. The van der Waals surface area contributed by atoms with Crippen LogP contribution in [0.15, 0.2) is 42.5 Å². The third-order valence-electron chi connectivity index (χ3n) is 3.58. The largest absolute Gasteiger partial charge is 0.489 e. The molecule has 0 saturated carbocycles. The third kappa shape index (κ3) is 5.20. The first-order valence-corrected chi connectivity index (χ1v) is 8.23. The van der Waals surface area contributed by atoms with Gasteiger partial charge in [0.05, 0.1) is 10.0 Å². The molecular formula is C18H21Cl2NO. The van der Waals surface area contributed by atoms with Crippen LogP contribution in [0.1, 0.15) is 31.4 Å². The van der Waals surface area contributed by atoms with Crippen LogP contribution in [0.4, 0.5) is 0 Å². The van der Waals surface area contributed by atoms with Gasteiger partial charge in [-0.15, -0.1) is 0 Å². The van der Waals surface area contributed by atoms with Gasteiger partial charge in [0.2, 0.25) is 0 Å². The fraction of sp³-hybridized carbons (Fsp3) is 0.333. The van der Waals surface area contributed by atoms with Crippen molar-refractivity contribution in [3.63, 3.8) is 0 Å². The van der Waals surface area contributed by atoms with E-state index in [0.717, 1.165) is 24.3 Å². The molecular weight excluding hydrogens is 317 g/mol. The van der Waals surface area contributed by atoms with Gasteiger partial charge in [-0.2, -0.15) is 0 Å². The maximum atomic E-state index is 5.99. The summed E-state index contributed by atoms with van der Waals surface area (Å²) in [5, 5.41) is 4.58. The molecule has 2 rings (SSSR count). The predicted molar refractivity (Wildman–Crippen MR) is 93.8 cm³/mol. The van der Waals surface area contributed by atoms with Crippen molar-refractivity contribution in [2.24, 2.45) is 0 Å². The maximum absolute atomic E-state index is 5.99. The van der Waals surface area contributed by atoms with Gasteiger partial charge in [-0.3, -0.25) is 0 Å². The highest BCUT2D eigenvalue weighted by atomic mass is 35.5. The van der Waals surface area contributed by atoms with Gasteiger partial charge in [0.1, 0.15) is 12.4 Å². The summed E-state index contributed by atoms with van der Waals surface area (Å²) in [5.41, 5.74) is 2.25. The second kappa shape index (κ2) is 8.42. The zero-order valence-electron chi connectivity index (χ0n) is 12.9. The van der Waals surface area contributed by atoms with Crippen LogP contribution < -0.4 is 10.1 Å². The first-order chi connectivity index (χ1) is 10.6. The summed E-state index contributed by atoms with van der Waals surface area (Å²) in [6, 6.07) is 14.2. The minimum atomic E-state index is 0.474. The fourth-order valence-corrected chi connectivity index (χ4v) is 2.26. The first kappa shape index (κ1) is 17.1. The molecule has 118 valence electrons. The Balaban J connectivity index is 1.87. The Bertz CT molecular complexity index is 599. The molecule has 0 unspecified atom stereocenters. The molecule has 0 aromatic heterocycles. The number of halogens is 2. The summed E-state index contributed by atoms with van der Waals surface area (Å²) in [6.45, 7) is 5.72. The van der Waals surface area contributed by atoms with Crippen molar-refractivity contribution in [2.75, 3.05) is 0 Å². The van der Waals surface area contributed by atoms with E-state index in [1.54, 1.807) is 6.07 Å². The summed E-state index contributed by atoms with van der Waals surface area (Å²) in [6.07, 6.45) is 1.13. The highest BCUT2D eigenvalue weighted by Gasteiger charge is 2.02. The van der Waals surface area contributed by atoms with Crippen LogP contribution in [-0.2, 0) is 13.2 Å². The molecule has 0 amide bonds. The Morgan fingerprint density at radius 2 is 1.68 bits per heavy atom. The van der Waals surface area contributed by atoms with E-state index in [1.807, 2.05) is 24.3 Å². The molecule has 2 aromatic carbocycles. The summed E-state index contributed by atoms with van der Waals surface area (Å²) in [7, 11) is 0. The number of rotatable bonds is 7. The number of nitrogens with one attached hydrogen (secondary N) is 1. The van der Waals surface area contributed by atoms with Gasteiger partial charge in [0.25, 0.3) is 0 Å². The van der Waals surface area contributed by atoms with Crippen LogP contribution in [0.3, 0.4) is 0 Å². The number of hydrogen-bond acceptors (Lipinski definition) is 2. The maximum Gasteiger partial charge on any atom is 0.119 e. The van der Waals surface area contributed by atoms with E-state index in [9.17, 15) is 0 Å². The molecule has 0 spiro atoms. The van der Waals surface area contributed by atoms with Crippen LogP contribution >= 0.6 is 23.2 Å². The lowest BCUT2D eigenvalue weighted by atomic mass is 10.2. The van der Waals surface area contributed by atoms with Crippen molar-refractivity contribution in [3.05, 3.63) is 63.6 Å². The Morgan fingerprint density at radius 1 is 1.00 bits per heavy atom. The van der Waals surface area contributed by atoms with Crippen LogP contribution in [0.25, 0.3) is 0 Å². The van der Waals surface area contributed by atoms with Crippen LogP contribution in [-0.4, -0.2) is 6.04 Å². The molecule has 0 fully saturated rings. The number of ether oxygens (including phenoxy) is 1. The number of hydrogen-bond donors (Lipinski definition) is 1. The lowest BCUT2D eigenvalue weighted by Crippen LogP contribution is -2.24. The van der Waals surface area contributed by atoms with E-state index in [-0.39, 0.29) is 0 Å². The van der Waals surface area contributed by atoms with E-state index in [1.165, 1.54) is 5.56 Å².